The third kappa shape index (κ3) is 4.39. The van der Waals surface area contributed by atoms with E-state index in [9.17, 15) is 10.2 Å². The highest BCUT2D eigenvalue weighted by atomic mass is 35.5. The van der Waals surface area contributed by atoms with Gasteiger partial charge in [-0.25, -0.2) is 0 Å². The third-order valence-electron chi connectivity index (χ3n) is 2.76. The van der Waals surface area contributed by atoms with Gasteiger partial charge in [-0.1, -0.05) is 47.5 Å². The molecule has 0 heterocycles. The van der Waals surface area contributed by atoms with Crippen LogP contribution in [-0.4, -0.2) is 16.2 Å². The second-order valence-corrected chi connectivity index (χ2v) is 5.24. The largest absolute Gasteiger partial charge is 0.439 e. The van der Waals surface area contributed by atoms with E-state index in [1.165, 1.54) is 0 Å². The molecule has 0 unspecified atom stereocenters. The summed E-state index contributed by atoms with van der Waals surface area (Å²) in [6.45, 7) is 0. The molecule has 0 aliphatic heterocycles. The van der Waals surface area contributed by atoms with E-state index < -0.39 is 5.97 Å². The number of aliphatic hydroxyl groups is 2. The number of halogens is 2. The molecule has 0 aliphatic rings. The first-order chi connectivity index (χ1) is 9.46. The summed E-state index contributed by atoms with van der Waals surface area (Å²) in [5, 5.41) is 20.7. The Bertz CT molecular complexity index is 571. The smallest absolute Gasteiger partial charge is 0.322 e. The maximum absolute atomic E-state index is 9.84. The van der Waals surface area contributed by atoms with Gasteiger partial charge >= 0.3 is 5.97 Å². The number of para-hydroxylation sites is 1. The SMILES string of the molecule is OC(O)(CCc1ccc(Cl)cc1Cl)Oc1ccccc1. The first kappa shape index (κ1) is 15.1. The summed E-state index contributed by atoms with van der Waals surface area (Å²) in [6, 6.07) is 13.7. The van der Waals surface area contributed by atoms with Crippen molar-refractivity contribution in [2.24, 2.45) is 0 Å². The predicted octanol–water partition coefficient (Wildman–Crippen LogP) is 3.64. The molecule has 5 heteroatoms. The van der Waals surface area contributed by atoms with Gasteiger partial charge in [-0.05, 0) is 36.2 Å². The van der Waals surface area contributed by atoms with Crippen LogP contribution in [0.5, 0.6) is 5.75 Å². The molecular formula is C15H14Cl2O3. The normalized spacial score (nSPS) is 11.4. The molecule has 0 aliphatic carbocycles. The van der Waals surface area contributed by atoms with Crippen molar-refractivity contribution in [1.82, 2.24) is 0 Å². The molecule has 0 saturated carbocycles. The standard InChI is InChI=1S/C15H14Cl2O3/c16-12-7-6-11(14(17)10-12)8-9-15(18,19)20-13-4-2-1-3-5-13/h1-7,10,18-19H,8-9H2. The van der Waals surface area contributed by atoms with E-state index in [2.05, 4.69) is 0 Å². The molecule has 2 N–H and O–H groups in total. The Hall–Kier alpha value is -1.26. The summed E-state index contributed by atoms with van der Waals surface area (Å²) in [6.07, 6.45) is 0.346. The highest BCUT2D eigenvalue weighted by molar-refractivity contribution is 6.35. The average Bonchev–Trinajstić information content (AvgIpc) is 2.38. The van der Waals surface area contributed by atoms with Crippen molar-refractivity contribution in [3.63, 3.8) is 0 Å². The zero-order valence-electron chi connectivity index (χ0n) is 10.6. The second kappa shape index (κ2) is 6.46. The molecule has 2 aromatic carbocycles. The van der Waals surface area contributed by atoms with Crippen LogP contribution in [0.4, 0.5) is 0 Å². The molecule has 3 nitrogen and oxygen atoms in total. The van der Waals surface area contributed by atoms with Crippen molar-refractivity contribution in [2.75, 3.05) is 0 Å². The molecule has 0 saturated heterocycles. The quantitative estimate of drug-likeness (QED) is 0.829. The van der Waals surface area contributed by atoms with Gasteiger partial charge in [0.05, 0.1) is 0 Å². The van der Waals surface area contributed by atoms with E-state index >= 15 is 0 Å². The minimum absolute atomic E-state index is 0.0107. The van der Waals surface area contributed by atoms with Gasteiger partial charge in [0, 0.05) is 16.5 Å². The van der Waals surface area contributed by atoms with Crippen LogP contribution in [0.25, 0.3) is 0 Å². The van der Waals surface area contributed by atoms with Crippen LogP contribution >= 0.6 is 23.2 Å². The number of benzene rings is 2. The maximum Gasteiger partial charge on any atom is 0.322 e. The molecular weight excluding hydrogens is 299 g/mol. The van der Waals surface area contributed by atoms with Crippen molar-refractivity contribution >= 4 is 23.2 Å². The first-order valence-corrected chi connectivity index (χ1v) is 6.85. The van der Waals surface area contributed by atoms with Gasteiger partial charge in [-0.2, -0.15) is 0 Å². The number of hydrogen-bond donors (Lipinski definition) is 2. The lowest BCUT2D eigenvalue weighted by Gasteiger charge is -2.23. The van der Waals surface area contributed by atoms with Gasteiger partial charge in [0.15, 0.2) is 0 Å². The number of rotatable bonds is 5. The highest BCUT2D eigenvalue weighted by Crippen LogP contribution is 2.24. The van der Waals surface area contributed by atoms with Crippen molar-refractivity contribution in [2.45, 2.75) is 18.8 Å². The molecule has 0 spiro atoms. The zero-order chi connectivity index (χ0) is 14.6. The van der Waals surface area contributed by atoms with Crippen LogP contribution in [0.15, 0.2) is 48.5 Å². The summed E-state index contributed by atoms with van der Waals surface area (Å²) in [4.78, 5) is 0. The lowest BCUT2D eigenvalue weighted by Crippen LogP contribution is -2.36. The van der Waals surface area contributed by atoms with E-state index in [0.717, 1.165) is 5.56 Å². The molecule has 0 bridgehead atoms. The van der Waals surface area contributed by atoms with Crippen molar-refractivity contribution in [3.8, 4) is 5.75 Å². The van der Waals surface area contributed by atoms with Crippen LogP contribution in [0.3, 0.4) is 0 Å². The van der Waals surface area contributed by atoms with Crippen LogP contribution in [0.1, 0.15) is 12.0 Å². The van der Waals surface area contributed by atoms with Crippen molar-refractivity contribution in [3.05, 3.63) is 64.1 Å². The molecule has 20 heavy (non-hydrogen) atoms. The molecule has 0 fully saturated rings. The number of ether oxygens (including phenoxy) is 1. The van der Waals surface area contributed by atoms with E-state index in [1.54, 1.807) is 42.5 Å². The van der Waals surface area contributed by atoms with Crippen molar-refractivity contribution in [1.29, 1.82) is 0 Å². The topological polar surface area (TPSA) is 49.7 Å². The van der Waals surface area contributed by atoms with Gasteiger partial charge in [0.2, 0.25) is 0 Å². The van der Waals surface area contributed by atoms with E-state index in [0.29, 0.717) is 22.2 Å². The molecule has 2 rings (SSSR count). The fourth-order valence-corrected chi connectivity index (χ4v) is 2.25. The summed E-state index contributed by atoms with van der Waals surface area (Å²) >= 11 is 11.8. The predicted molar refractivity (Wildman–Crippen MR) is 79.0 cm³/mol. The Balaban J connectivity index is 1.98. The van der Waals surface area contributed by atoms with Gasteiger partial charge in [0.25, 0.3) is 0 Å². The maximum atomic E-state index is 9.84. The van der Waals surface area contributed by atoms with Crippen LogP contribution in [0.2, 0.25) is 10.0 Å². The molecule has 106 valence electrons. The van der Waals surface area contributed by atoms with Gasteiger partial charge in [-0.3, -0.25) is 0 Å². The van der Waals surface area contributed by atoms with Crippen LogP contribution in [-0.2, 0) is 6.42 Å². The Kier molecular flexibility index (Phi) is 4.89. The Morgan fingerprint density at radius 3 is 2.35 bits per heavy atom. The van der Waals surface area contributed by atoms with Crippen LogP contribution < -0.4 is 4.74 Å². The van der Waals surface area contributed by atoms with Gasteiger partial charge in [0.1, 0.15) is 5.75 Å². The minimum atomic E-state index is -2.25. The highest BCUT2D eigenvalue weighted by Gasteiger charge is 2.25. The lowest BCUT2D eigenvalue weighted by molar-refractivity contribution is -0.295. The molecule has 0 atom stereocenters. The summed E-state index contributed by atoms with van der Waals surface area (Å²) < 4.78 is 5.13. The molecule has 0 amide bonds. The first-order valence-electron chi connectivity index (χ1n) is 6.09. The summed E-state index contributed by atoms with van der Waals surface area (Å²) in [5.41, 5.74) is 0.778. The van der Waals surface area contributed by atoms with Gasteiger partial charge < -0.3 is 14.9 Å². The summed E-state index contributed by atoms with van der Waals surface area (Å²) in [5.74, 6) is -1.86. The van der Waals surface area contributed by atoms with E-state index in [1.807, 2.05) is 6.07 Å². The molecule has 2 aromatic rings. The van der Waals surface area contributed by atoms with E-state index in [4.69, 9.17) is 27.9 Å². The van der Waals surface area contributed by atoms with E-state index in [-0.39, 0.29) is 6.42 Å². The zero-order valence-corrected chi connectivity index (χ0v) is 12.1. The molecule has 0 radical (unpaired) electrons. The fraction of sp³-hybridized carbons (Fsp3) is 0.200. The fourth-order valence-electron chi connectivity index (χ4n) is 1.75. The number of hydrogen-bond acceptors (Lipinski definition) is 3. The van der Waals surface area contributed by atoms with Gasteiger partial charge in [-0.15, -0.1) is 0 Å². The Morgan fingerprint density at radius 1 is 1.00 bits per heavy atom. The Labute approximate surface area is 127 Å². The average molecular weight is 313 g/mol. The molecule has 0 aromatic heterocycles. The second-order valence-electron chi connectivity index (χ2n) is 4.39. The lowest BCUT2D eigenvalue weighted by atomic mass is 10.1. The monoisotopic (exact) mass is 312 g/mol. The number of aryl methyl sites for hydroxylation is 1. The van der Waals surface area contributed by atoms with Crippen LogP contribution in [0, 0.1) is 0 Å². The summed E-state index contributed by atoms with van der Waals surface area (Å²) in [7, 11) is 0. The Morgan fingerprint density at radius 2 is 1.70 bits per heavy atom. The third-order valence-corrected chi connectivity index (χ3v) is 3.35. The minimum Gasteiger partial charge on any atom is -0.439 e. The van der Waals surface area contributed by atoms with Crippen molar-refractivity contribution < 1.29 is 14.9 Å².